The quantitative estimate of drug-likeness (QED) is 0.457. The van der Waals surface area contributed by atoms with Gasteiger partial charge >= 0.3 is 5.97 Å². The van der Waals surface area contributed by atoms with Crippen LogP contribution in [-0.2, 0) is 20.9 Å². The minimum atomic E-state index is -0.562. The van der Waals surface area contributed by atoms with Gasteiger partial charge in [0, 0.05) is 30.2 Å². The maximum absolute atomic E-state index is 12.9. The van der Waals surface area contributed by atoms with E-state index in [1.807, 2.05) is 0 Å². The molecule has 1 N–H and O–H groups in total. The number of fused-ring (bicyclic) bond motifs is 1. The van der Waals surface area contributed by atoms with Gasteiger partial charge in [-0.05, 0) is 30.2 Å². The van der Waals surface area contributed by atoms with Gasteiger partial charge in [0.05, 0.1) is 10.5 Å². The maximum atomic E-state index is 12.9. The summed E-state index contributed by atoms with van der Waals surface area (Å²) >= 11 is 0. The Labute approximate surface area is 171 Å². The Balaban J connectivity index is 1.54. The number of nitrogens with zero attached hydrogens (tertiary/aromatic N) is 1. The molecular formula is C21H18N2O7. The van der Waals surface area contributed by atoms with Crippen LogP contribution in [0, 0.1) is 10.1 Å². The van der Waals surface area contributed by atoms with Gasteiger partial charge in [0.1, 0.15) is 6.61 Å². The van der Waals surface area contributed by atoms with Crippen LogP contribution in [0.4, 0.5) is 5.69 Å². The number of esters is 1. The number of carbonyl (C=O) groups excluding carboxylic acids is 2. The molecule has 1 unspecified atom stereocenters. The number of nitro groups is 1. The van der Waals surface area contributed by atoms with Crippen LogP contribution in [0.2, 0.25) is 0 Å². The first-order valence-electron chi connectivity index (χ1n) is 9.23. The molecule has 1 amide bonds. The highest BCUT2D eigenvalue weighted by molar-refractivity contribution is 5.95. The minimum Gasteiger partial charge on any atom is -0.457 e. The molecule has 0 saturated carbocycles. The molecule has 0 bridgehead atoms. The SMILES string of the molecule is CC1=C(C(=O)OCc2ccc3c(c2)OCO3)C(c2ccc([N+](=O)[O-])cc2)CC(=O)N1. The summed E-state index contributed by atoms with van der Waals surface area (Å²) in [6.45, 7) is 1.81. The summed E-state index contributed by atoms with van der Waals surface area (Å²) < 4.78 is 16.1. The molecule has 154 valence electrons. The second-order valence-corrected chi connectivity index (χ2v) is 6.96. The van der Waals surface area contributed by atoms with E-state index >= 15 is 0 Å². The van der Waals surface area contributed by atoms with Crippen LogP contribution in [0.15, 0.2) is 53.7 Å². The zero-order chi connectivity index (χ0) is 21.3. The third-order valence-corrected chi connectivity index (χ3v) is 5.00. The molecule has 0 aliphatic carbocycles. The molecule has 2 aliphatic rings. The summed E-state index contributed by atoms with van der Waals surface area (Å²) in [5.41, 5.74) is 2.03. The first-order valence-corrected chi connectivity index (χ1v) is 9.23. The standard InChI is InChI=1S/C21H18N2O7/c1-12-20(21(25)28-10-13-2-7-17-18(8-13)30-11-29-17)16(9-19(24)22-12)14-3-5-15(6-4-14)23(26)27/h2-8,16H,9-11H2,1H3,(H,22,24). The Morgan fingerprint density at radius 1 is 1.20 bits per heavy atom. The van der Waals surface area contributed by atoms with Gasteiger partial charge < -0.3 is 19.5 Å². The van der Waals surface area contributed by atoms with Gasteiger partial charge in [0.15, 0.2) is 11.5 Å². The molecule has 0 spiro atoms. The van der Waals surface area contributed by atoms with E-state index in [0.717, 1.165) is 5.56 Å². The Kier molecular flexibility index (Phi) is 5.09. The molecule has 0 aromatic heterocycles. The average Bonchev–Trinajstić information content (AvgIpc) is 3.19. The maximum Gasteiger partial charge on any atom is 0.336 e. The van der Waals surface area contributed by atoms with Crippen LogP contribution in [0.1, 0.15) is 30.4 Å². The number of carbonyl (C=O) groups is 2. The van der Waals surface area contributed by atoms with Gasteiger partial charge in [-0.2, -0.15) is 0 Å². The Morgan fingerprint density at radius 3 is 2.67 bits per heavy atom. The van der Waals surface area contributed by atoms with Crippen LogP contribution in [0.25, 0.3) is 0 Å². The van der Waals surface area contributed by atoms with Gasteiger partial charge in [0.2, 0.25) is 12.7 Å². The Bertz CT molecular complexity index is 1060. The Morgan fingerprint density at radius 2 is 1.93 bits per heavy atom. The summed E-state index contributed by atoms with van der Waals surface area (Å²) in [7, 11) is 0. The molecule has 1 atom stereocenters. The minimum absolute atomic E-state index is 0.0210. The molecule has 2 aromatic rings. The van der Waals surface area contributed by atoms with Crippen LogP contribution >= 0.6 is 0 Å². The van der Waals surface area contributed by atoms with E-state index in [1.165, 1.54) is 12.1 Å². The molecule has 0 radical (unpaired) electrons. The van der Waals surface area contributed by atoms with Crippen molar-refractivity contribution in [2.24, 2.45) is 0 Å². The lowest BCUT2D eigenvalue weighted by molar-refractivity contribution is -0.384. The van der Waals surface area contributed by atoms with Crippen molar-refractivity contribution in [3.8, 4) is 11.5 Å². The summed E-state index contributed by atoms with van der Waals surface area (Å²) in [5, 5.41) is 13.6. The molecule has 2 aliphatic heterocycles. The fraction of sp³-hybridized carbons (Fsp3) is 0.238. The highest BCUT2D eigenvalue weighted by atomic mass is 16.7. The molecular weight excluding hydrogens is 392 g/mol. The summed E-state index contributed by atoms with van der Waals surface area (Å²) in [6, 6.07) is 11.1. The van der Waals surface area contributed by atoms with Gasteiger partial charge in [0.25, 0.3) is 5.69 Å². The normalized spacial score (nSPS) is 17.5. The number of hydrogen-bond donors (Lipinski definition) is 1. The largest absolute Gasteiger partial charge is 0.457 e. The molecule has 2 aromatic carbocycles. The van der Waals surface area contributed by atoms with Crippen molar-refractivity contribution in [3.05, 3.63) is 75.0 Å². The number of non-ortho nitro benzene ring substituents is 1. The summed E-state index contributed by atoms with van der Waals surface area (Å²) in [5.74, 6) is -0.120. The number of hydrogen-bond acceptors (Lipinski definition) is 7. The molecule has 0 fully saturated rings. The number of ether oxygens (including phenoxy) is 3. The third-order valence-electron chi connectivity index (χ3n) is 5.00. The van der Waals surface area contributed by atoms with Crippen LogP contribution in [0.5, 0.6) is 11.5 Å². The summed E-state index contributed by atoms with van der Waals surface area (Å²) in [6.07, 6.45) is 0.0452. The molecule has 4 rings (SSSR count). The molecule has 0 saturated heterocycles. The smallest absolute Gasteiger partial charge is 0.336 e. The van der Waals surface area contributed by atoms with E-state index in [4.69, 9.17) is 14.2 Å². The monoisotopic (exact) mass is 410 g/mol. The lowest BCUT2D eigenvalue weighted by Gasteiger charge is -2.26. The predicted molar refractivity (Wildman–Crippen MR) is 104 cm³/mol. The van der Waals surface area contributed by atoms with Crippen LogP contribution in [-0.4, -0.2) is 23.6 Å². The second kappa shape index (κ2) is 7.86. The highest BCUT2D eigenvalue weighted by Gasteiger charge is 2.33. The van der Waals surface area contributed by atoms with Crippen molar-refractivity contribution in [1.82, 2.24) is 5.32 Å². The van der Waals surface area contributed by atoms with E-state index in [0.29, 0.717) is 28.3 Å². The highest BCUT2D eigenvalue weighted by Crippen LogP contribution is 2.35. The van der Waals surface area contributed by atoms with Gasteiger partial charge in [-0.1, -0.05) is 18.2 Å². The van der Waals surface area contributed by atoms with Crippen LogP contribution < -0.4 is 14.8 Å². The Hall–Kier alpha value is -3.88. The molecule has 9 heteroatoms. The lowest BCUT2D eigenvalue weighted by atomic mass is 9.84. The zero-order valence-electron chi connectivity index (χ0n) is 16.0. The van der Waals surface area contributed by atoms with Crippen molar-refractivity contribution in [2.75, 3.05) is 6.79 Å². The lowest BCUT2D eigenvalue weighted by Crippen LogP contribution is -2.34. The first-order chi connectivity index (χ1) is 14.4. The fourth-order valence-electron chi connectivity index (χ4n) is 3.54. The van der Waals surface area contributed by atoms with Crippen molar-refractivity contribution in [3.63, 3.8) is 0 Å². The third kappa shape index (κ3) is 3.82. The molecule has 9 nitrogen and oxygen atoms in total. The number of rotatable bonds is 5. The van der Waals surface area contributed by atoms with E-state index in [2.05, 4.69) is 5.32 Å². The number of allylic oxidation sites excluding steroid dienone is 1. The van der Waals surface area contributed by atoms with Crippen molar-refractivity contribution >= 4 is 17.6 Å². The predicted octanol–water partition coefficient (Wildman–Crippen LogP) is 2.94. The van der Waals surface area contributed by atoms with E-state index < -0.39 is 16.8 Å². The fourth-order valence-corrected chi connectivity index (χ4v) is 3.54. The number of nitro benzene ring substituents is 1. The van der Waals surface area contributed by atoms with Crippen LogP contribution in [0.3, 0.4) is 0 Å². The number of benzene rings is 2. The van der Waals surface area contributed by atoms with E-state index in [9.17, 15) is 19.7 Å². The number of amides is 1. The summed E-state index contributed by atoms with van der Waals surface area (Å²) in [4.78, 5) is 35.3. The van der Waals surface area contributed by atoms with Crippen molar-refractivity contribution in [2.45, 2.75) is 25.9 Å². The van der Waals surface area contributed by atoms with Gasteiger partial charge in [-0.3, -0.25) is 14.9 Å². The molecule has 30 heavy (non-hydrogen) atoms. The van der Waals surface area contributed by atoms with E-state index in [1.54, 1.807) is 37.3 Å². The molecule has 2 heterocycles. The van der Waals surface area contributed by atoms with Crippen molar-refractivity contribution < 1.29 is 28.7 Å². The van der Waals surface area contributed by atoms with Gasteiger partial charge in [-0.15, -0.1) is 0 Å². The zero-order valence-corrected chi connectivity index (χ0v) is 16.0. The topological polar surface area (TPSA) is 117 Å². The second-order valence-electron chi connectivity index (χ2n) is 6.96. The average molecular weight is 410 g/mol. The first kappa shape index (κ1) is 19.4. The van der Waals surface area contributed by atoms with E-state index in [-0.39, 0.29) is 31.4 Å². The van der Waals surface area contributed by atoms with Crippen molar-refractivity contribution in [1.29, 1.82) is 0 Å². The van der Waals surface area contributed by atoms with Gasteiger partial charge in [-0.25, -0.2) is 4.79 Å². The number of nitrogens with one attached hydrogen (secondary N) is 1.